The van der Waals surface area contributed by atoms with Crippen LogP contribution >= 0.6 is 0 Å². The molecule has 0 aliphatic rings. The summed E-state index contributed by atoms with van der Waals surface area (Å²) in [5.74, 6) is -2.43. The number of ether oxygens (including phenoxy) is 1. The molecule has 30 heavy (non-hydrogen) atoms. The Kier molecular flexibility index (Phi) is 7.29. The monoisotopic (exact) mass is 417 g/mol. The number of hydrogen-bond donors (Lipinski definition) is 2. The molecule has 0 aliphatic heterocycles. The van der Waals surface area contributed by atoms with Crippen LogP contribution in [0.2, 0.25) is 0 Å². The zero-order chi connectivity index (χ0) is 22.4. The first-order valence-corrected chi connectivity index (χ1v) is 9.16. The third-order valence-corrected chi connectivity index (χ3v) is 4.38. The second-order valence-corrected chi connectivity index (χ2v) is 7.04. The van der Waals surface area contributed by atoms with Crippen LogP contribution in [0.15, 0.2) is 34.9 Å². The minimum atomic E-state index is -1.01. The molecule has 0 radical (unpaired) electrons. The van der Waals surface area contributed by atoms with Crippen molar-refractivity contribution >= 4 is 29.2 Å². The molecule has 0 unspecified atom stereocenters. The van der Waals surface area contributed by atoms with Crippen LogP contribution in [-0.4, -0.2) is 35.4 Å². The van der Waals surface area contributed by atoms with Gasteiger partial charge in [0.15, 0.2) is 12.4 Å². The number of nitrogens with one attached hydrogen (secondary N) is 2. The number of nitro benzene ring substituents is 1. The average Bonchev–Trinajstić information content (AvgIpc) is 3.21. The van der Waals surface area contributed by atoms with E-state index in [4.69, 9.17) is 9.15 Å². The van der Waals surface area contributed by atoms with E-state index < -0.39 is 35.4 Å². The second-order valence-electron chi connectivity index (χ2n) is 7.04. The fourth-order valence-electron chi connectivity index (χ4n) is 2.58. The summed E-state index contributed by atoms with van der Waals surface area (Å²) >= 11 is 0. The van der Waals surface area contributed by atoms with E-state index in [0.717, 1.165) is 5.56 Å². The second kappa shape index (κ2) is 9.68. The molecule has 0 spiro atoms. The molecule has 0 saturated carbocycles. The van der Waals surface area contributed by atoms with Crippen molar-refractivity contribution in [3.8, 4) is 0 Å². The van der Waals surface area contributed by atoms with Gasteiger partial charge in [-0.3, -0.25) is 19.7 Å². The summed E-state index contributed by atoms with van der Waals surface area (Å²) in [5.41, 5.74) is 1.21. The Hall–Kier alpha value is -3.69. The number of benzene rings is 1. The number of nitro groups is 1. The van der Waals surface area contributed by atoms with Gasteiger partial charge in [-0.1, -0.05) is 13.8 Å². The molecule has 2 aromatic rings. The molecule has 1 heterocycles. The van der Waals surface area contributed by atoms with E-state index in [1.54, 1.807) is 27.7 Å². The highest BCUT2D eigenvalue weighted by atomic mass is 16.6. The number of rotatable bonds is 8. The predicted molar refractivity (Wildman–Crippen MR) is 107 cm³/mol. The Morgan fingerprint density at radius 1 is 1.20 bits per heavy atom. The van der Waals surface area contributed by atoms with E-state index in [1.807, 2.05) is 0 Å². The zero-order valence-electron chi connectivity index (χ0n) is 17.1. The molecule has 1 aromatic heterocycles. The normalized spacial score (nSPS) is 11.6. The lowest BCUT2D eigenvalue weighted by molar-refractivity contribution is -0.384. The minimum Gasteiger partial charge on any atom is -0.459 e. The number of aryl methyl sites for hydroxylation is 2. The van der Waals surface area contributed by atoms with E-state index in [0.29, 0.717) is 5.56 Å². The number of anilines is 1. The van der Waals surface area contributed by atoms with E-state index >= 15 is 0 Å². The lowest BCUT2D eigenvalue weighted by atomic mass is 10.0. The van der Waals surface area contributed by atoms with Gasteiger partial charge in [0.25, 0.3) is 17.5 Å². The Morgan fingerprint density at radius 3 is 2.43 bits per heavy atom. The summed E-state index contributed by atoms with van der Waals surface area (Å²) in [6.07, 6.45) is 1.33. The molecule has 0 fully saturated rings. The van der Waals surface area contributed by atoms with Crippen molar-refractivity contribution in [3.05, 3.63) is 57.5 Å². The molecule has 2 rings (SSSR count). The highest BCUT2D eigenvalue weighted by Gasteiger charge is 2.28. The van der Waals surface area contributed by atoms with Gasteiger partial charge in [-0.05, 0) is 49.1 Å². The molecule has 160 valence electrons. The predicted octanol–water partition coefficient (Wildman–Crippen LogP) is 2.74. The largest absolute Gasteiger partial charge is 0.459 e. The van der Waals surface area contributed by atoms with Gasteiger partial charge < -0.3 is 19.8 Å². The maximum atomic E-state index is 12.4. The summed E-state index contributed by atoms with van der Waals surface area (Å²) in [5, 5.41) is 16.1. The smallest absolute Gasteiger partial charge is 0.329 e. The Bertz CT molecular complexity index is 952. The van der Waals surface area contributed by atoms with E-state index in [9.17, 15) is 24.5 Å². The Balaban J connectivity index is 2.00. The summed E-state index contributed by atoms with van der Waals surface area (Å²) in [6.45, 7) is 6.21. The van der Waals surface area contributed by atoms with Crippen molar-refractivity contribution < 1.29 is 28.5 Å². The highest BCUT2D eigenvalue weighted by molar-refractivity contribution is 5.97. The summed E-state index contributed by atoms with van der Waals surface area (Å²) < 4.78 is 9.99. The van der Waals surface area contributed by atoms with Crippen LogP contribution in [0.5, 0.6) is 0 Å². The standard InChI is InChI=1S/C20H23N3O7/c1-11(2)18(22-19(25)16-6-5-7-29-16)20(26)30-10-17(24)21-14-8-12(3)13(4)9-15(14)23(27)28/h5-9,11,18H,10H2,1-4H3,(H,21,24)(H,22,25)/t18-/m0/s1. The van der Waals surface area contributed by atoms with Gasteiger partial charge in [-0.25, -0.2) is 4.79 Å². The number of hydrogen-bond acceptors (Lipinski definition) is 7. The zero-order valence-corrected chi connectivity index (χ0v) is 17.1. The molecule has 2 amide bonds. The van der Waals surface area contributed by atoms with Gasteiger partial charge in [0.1, 0.15) is 11.7 Å². The molecular formula is C20H23N3O7. The summed E-state index contributed by atoms with van der Waals surface area (Å²) in [6, 6.07) is 4.81. The Morgan fingerprint density at radius 2 is 1.87 bits per heavy atom. The lowest BCUT2D eigenvalue weighted by Crippen LogP contribution is -2.45. The number of amides is 2. The first-order chi connectivity index (χ1) is 14.1. The Labute approximate surface area is 172 Å². The van der Waals surface area contributed by atoms with Gasteiger partial charge in [0.2, 0.25) is 0 Å². The average molecular weight is 417 g/mol. The van der Waals surface area contributed by atoms with Crippen LogP contribution in [0.3, 0.4) is 0 Å². The number of carbonyl (C=O) groups is 3. The minimum absolute atomic E-state index is 0.00989. The van der Waals surface area contributed by atoms with Crippen molar-refractivity contribution in [1.82, 2.24) is 5.32 Å². The van der Waals surface area contributed by atoms with Crippen LogP contribution in [0, 0.1) is 29.9 Å². The third-order valence-electron chi connectivity index (χ3n) is 4.38. The van der Waals surface area contributed by atoms with Crippen LogP contribution in [0.25, 0.3) is 0 Å². The summed E-state index contributed by atoms with van der Waals surface area (Å²) in [4.78, 5) is 47.3. The fourth-order valence-corrected chi connectivity index (χ4v) is 2.58. The molecule has 2 N–H and O–H groups in total. The van der Waals surface area contributed by atoms with E-state index in [1.165, 1.54) is 30.5 Å². The van der Waals surface area contributed by atoms with Gasteiger partial charge in [-0.15, -0.1) is 0 Å². The highest BCUT2D eigenvalue weighted by Crippen LogP contribution is 2.27. The van der Waals surface area contributed by atoms with E-state index in [2.05, 4.69) is 10.6 Å². The molecule has 1 atom stereocenters. The van der Waals surface area contributed by atoms with Crippen molar-refractivity contribution in [2.24, 2.45) is 5.92 Å². The van der Waals surface area contributed by atoms with Crippen LogP contribution in [0.1, 0.15) is 35.5 Å². The number of carbonyl (C=O) groups excluding carboxylic acids is 3. The topological polar surface area (TPSA) is 141 Å². The van der Waals surface area contributed by atoms with Gasteiger partial charge >= 0.3 is 5.97 Å². The molecular weight excluding hydrogens is 394 g/mol. The maximum Gasteiger partial charge on any atom is 0.329 e. The van der Waals surface area contributed by atoms with Crippen molar-refractivity contribution in [3.63, 3.8) is 0 Å². The number of furan rings is 1. The number of nitrogens with zero attached hydrogens (tertiary/aromatic N) is 1. The van der Waals surface area contributed by atoms with Crippen molar-refractivity contribution in [1.29, 1.82) is 0 Å². The number of esters is 1. The molecule has 0 saturated heterocycles. The molecule has 10 heteroatoms. The van der Waals surface area contributed by atoms with Crippen LogP contribution < -0.4 is 10.6 Å². The first-order valence-electron chi connectivity index (χ1n) is 9.16. The lowest BCUT2D eigenvalue weighted by Gasteiger charge is -2.20. The van der Waals surface area contributed by atoms with Crippen molar-refractivity contribution in [2.45, 2.75) is 33.7 Å². The molecule has 10 nitrogen and oxygen atoms in total. The third kappa shape index (κ3) is 5.66. The molecule has 1 aromatic carbocycles. The van der Waals surface area contributed by atoms with Gasteiger partial charge in [0, 0.05) is 6.07 Å². The van der Waals surface area contributed by atoms with E-state index in [-0.39, 0.29) is 23.1 Å². The van der Waals surface area contributed by atoms with Gasteiger partial charge in [0.05, 0.1) is 11.2 Å². The summed E-state index contributed by atoms with van der Waals surface area (Å²) in [7, 11) is 0. The first kappa shape index (κ1) is 22.6. The van der Waals surface area contributed by atoms with Crippen LogP contribution in [0.4, 0.5) is 11.4 Å². The quantitative estimate of drug-likeness (QED) is 0.382. The SMILES string of the molecule is Cc1cc(NC(=O)COC(=O)[C@@H](NC(=O)c2ccco2)C(C)C)c([N+](=O)[O-])cc1C. The maximum absolute atomic E-state index is 12.4. The molecule has 0 bridgehead atoms. The van der Waals surface area contributed by atoms with Crippen molar-refractivity contribution in [2.75, 3.05) is 11.9 Å². The fraction of sp³-hybridized carbons (Fsp3) is 0.350. The van der Waals surface area contributed by atoms with Crippen LogP contribution in [-0.2, 0) is 14.3 Å². The molecule has 0 aliphatic carbocycles. The van der Waals surface area contributed by atoms with Gasteiger partial charge in [-0.2, -0.15) is 0 Å².